The van der Waals surface area contributed by atoms with Crippen LogP contribution in [0.1, 0.15) is 43.4 Å². The molecular formula is C22H22N2O3. The molecule has 138 valence electrons. The molecule has 0 radical (unpaired) electrons. The van der Waals surface area contributed by atoms with E-state index in [4.69, 9.17) is 4.42 Å². The normalized spacial score (nSPS) is 10.4. The van der Waals surface area contributed by atoms with E-state index in [0.29, 0.717) is 13.1 Å². The van der Waals surface area contributed by atoms with Crippen LogP contribution in [0.2, 0.25) is 0 Å². The zero-order chi connectivity index (χ0) is 19.2. The second kappa shape index (κ2) is 8.36. The van der Waals surface area contributed by atoms with Crippen LogP contribution < -0.4 is 10.6 Å². The molecule has 2 N–H and O–H groups in total. The molecule has 0 aliphatic carbocycles. The van der Waals surface area contributed by atoms with Crippen molar-refractivity contribution in [1.29, 1.82) is 0 Å². The molecule has 3 aromatic rings. The maximum absolute atomic E-state index is 12.2. The minimum absolute atomic E-state index is 0.114. The van der Waals surface area contributed by atoms with Crippen LogP contribution >= 0.6 is 0 Å². The van der Waals surface area contributed by atoms with Crippen molar-refractivity contribution in [2.45, 2.75) is 26.9 Å². The molecule has 0 saturated heterocycles. The quantitative estimate of drug-likeness (QED) is 0.701. The number of carbonyl (C=O) groups is 2. The highest BCUT2D eigenvalue weighted by Gasteiger charge is 2.15. The van der Waals surface area contributed by atoms with Crippen LogP contribution in [-0.4, -0.2) is 11.8 Å². The van der Waals surface area contributed by atoms with Crippen molar-refractivity contribution in [2.75, 3.05) is 0 Å². The van der Waals surface area contributed by atoms with Gasteiger partial charge in [0.05, 0.1) is 0 Å². The number of furan rings is 1. The second-order valence-electron chi connectivity index (χ2n) is 6.50. The number of hydrogen-bond donors (Lipinski definition) is 2. The van der Waals surface area contributed by atoms with Gasteiger partial charge in [-0.25, -0.2) is 0 Å². The number of hydrogen-bond acceptors (Lipinski definition) is 3. The van der Waals surface area contributed by atoms with Crippen LogP contribution in [0, 0.1) is 13.8 Å². The van der Waals surface area contributed by atoms with Gasteiger partial charge in [-0.2, -0.15) is 0 Å². The molecule has 0 bridgehead atoms. The van der Waals surface area contributed by atoms with Gasteiger partial charge in [0.25, 0.3) is 11.8 Å². The smallest absolute Gasteiger partial charge is 0.287 e. The fraction of sp³-hybridized carbons (Fsp3) is 0.182. The first-order chi connectivity index (χ1) is 13.0. The Kier molecular flexibility index (Phi) is 5.71. The maximum Gasteiger partial charge on any atom is 0.287 e. The van der Waals surface area contributed by atoms with Gasteiger partial charge < -0.3 is 15.1 Å². The van der Waals surface area contributed by atoms with Gasteiger partial charge in [0, 0.05) is 13.1 Å². The first-order valence-electron chi connectivity index (χ1n) is 8.78. The maximum atomic E-state index is 12.2. The molecule has 0 aliphatic rings. The highest BCUT2D eigenvalue weighted by atomic mass is 16.4. The van der Waals surface area contributed by atoms with E-state index in [-0.39, 0.29) is 23.3 Å². The molecule has 0 unspecified atom stereocenters. The molecule has 1 heterocycles. The van der Waals surface area contributed by atoms with Gasteiger partial charge in [0.15, 0.2) is 11.5 Å². The van der Waals surface area contributed by atoms with Crippen LogP contribution in [0.5, 0.6) is 0 Å². The second-order valence-corrected chi connectivity index (χ2v) is 6.50. The highest BCUT2D eigenvalue weighted by Crippen LogP contribution is 2.10. The molecule has 5 nitrogen and oxygen atoms in total. The van der Waals surface area contributed by atoms with Gasteiger partial charge in [-0.05, 0) is 37.1 Å². The van der Waals surface area contributed by atoms with E-state index >= 15 is 0 Å². The Morgan fingerprint density at radius 2 is 1.04 bits per heavy atom. The standard InChI is InChI=1S/C22H22N2O3/c1-15-3-7-17(8-4-15)13-23-21(25)19-11-12-20(27-19)22(26)24-14-18-9-5-16(2)6-10-18/h3-12H,13-14H2,1-2H3,(H,23,25)(H,24,26). The monoisotopic (exact) mass is 362 g/mol. The number of nitrogens with one attached hydrogen (secondary N) is 2. The summed E-state index contributed by atoms with van der Waals surface area (Å²) in [5.41, 5.74) is 4.32. The van der Waals surface area contributed by atoms with Gasteiger partial charge in [0.1, 0.15) is 0 Å². The summed E-state index contributed by atoms with van der Waals surface area (Å²) in [6.45, 7) is 4.82. The molecule has 1 aromatic heterocycles. The lowest BCUT2D eigenvalue weighted by Gasteiger charge is -2.05. The summed E-state index contributed by atoms with van der Waals surface area (Å²) in [4.78, 5) is 24.4. The van der Waals surface area contributed by atoms with Crippen LogP contribution in [0.25, 0.3) is 0 Å². The van der Waals surface area contributed by atoms with E-state index < -0.39 is 0 Å². The van der Waals surface area contributed by atoms with E-state index in [1.807, 2.05) is 62.4 Å². The summed E-state index contributed by atoms with van der Waals surface area (Å²) in [7, 11) is 0. The Morgan fingerprint density at radius 3 is 1.41 bits per heavy atom. The predicted molar refractivity (Wildman–Crippen MR) is 103 cm³/mol. The molecule has 0 aliphatic heterocycles. The Morgan fingerprint density at radius 1 is 0.667 bits per heavy atom. The van der Waals surface area contributed by atoms with Crippen molar-refractivity contribution in [3.8, 4) is 0 Å². The summed E-state index contributed by atoms with van der Waals surface area (Å²) in [5, 5.41) is 5.57. The third-order valence-electron chi connectivity index (χ3n) is 4.20. The van der Waals surface area contributed by atoms with Crippen LogP contribution in [-0.2, 0) is 13.1 Å². The van der Waals surface area contributed by atoms with E-state index in [2.05, 4.69) is 10.6 Å². The van der Waals surface area contributed by atoms with Crippen molar-refractivity contribution in [3.63, 3.8) is 0 Å². The minimum atomic E-state index is -0.354. The zero-order valence-corrected chi connectivity index (χ0v) is 15.4. The van der Waals surface area contributed by atoms with Crippen LogP contribution in [0.3, 0.4) is 0 Å². The molecular weight excluding hydrogens is 340 g/mol. The lowest BCUT2D eigenvalue weighted by atomic mass is 10.1. The summed E-state index contributed by atoms with van der Waals surface area (Å²) in [6.07, 6.45) is 0. The molecule has 5 heteroatoms. The van der Waals surface area contributed by atoms with Crippen molar-refractivity contribution in [3.05, 3.63) is 94.4 Å². The largest absolute Gasteiger partial charge is 0.446 e. The van der Waals surface area contributed by atoms with Gasteiger partial charge in [-0.1, -0.05) is 59.7 Å². The average molecular weight is 362 g/mol. The number of aryl methyl sites for hydroxylation is 2. The topological polar surface area (TPSA) is 71.3 Å². The molecule has 2 amide bonds. The average Bonchev–Trinajstić information content (AvgIpc) is 3.17. The Hall–Kier alpha value is -3.34. The molecule has 2 aromatic carbocycles. The lowest BCUT2D eigenvalue weighted by Crippen LogP contribution is -2.23. The fourth-order valence-electron chi connectivity index (χ4n) is 2.53. The summed E-state index contributed by atoms with van der Waals surface area (Å²) in [5.74, 6) is -0.480. The fourth-order valence-corrected chi connectivity index (χ4v) is 2.53. The molecule has 27 heavy (non-hydrogen) atoms. The van der Waals surface area contributed by atoms with Crippen molar-refractivity contribution in [2.24, 2.45) is 0 Å². The number of carbonyl (C=O) groups excluding carboxylic acids is 2. The molecule has 0 atom stereocenters. The van der Waals surface area contributed by atoms with Crippen LogP contribution in [0.4, 0.5) is 0 Å². The molecule has 0 saturated carbocycles. The summed E-state index contributed by atoms with van der Waals surface area (Å²) in [6, 6.07) is 18.8. The van der Waals surface area contributed by atoms with Gasteiger partial charge in [-0.15, -0.1) is 0 Å². The van der Waals surface area contributed by atoms with Gasteiger partial charge in [0.2, 0.25) is 0 Å². The Bertz CT molecular complexity index is 849. The first kappa shape index (κ1) is 18.5. The Labute approximate surface area is 158 Å². The van der Waals surface area contributed by atoms with Crippen molar-refractivity contribution < 1.29 is 14.0 Å². The lowest BCUT2D eigenvalue weighted by molar-refractivity contribution is 0.0898. The highest BCUT2D eigenvalue weighted by molar-refractivity contribution is 5.95. The van der Waals surface area contributed by atoms with Gasteiger partial charge >= 0.3 is 0 Å². The number of amides is 2. The van der Waals surface area contributed by atoms with Crippen molar-refractivity contribution >= 4 is 11.8 Å². The third kappa shape index (κ3) is 5.07. The van der Waals surface area contributed by atoms with E-state index in [1.54, 1.807) is 0 Å². The summed E-state index contributed by atoms with van der Waals surface area (Å²) < 4.78 is 5.40. The zero-order valence-electron chi connectivity index (χ0n) is 15.4. The molecule has 3 rings (SSSR count). The predicted octanol–water partition coefficient (Wildman–Crippen LogP) is 3.76. The van der Waals surface area contributed by atoms with E-state index in [0.717, 1.165) is 22.3 Å². The first-order valence-corrected chi connectivity index (χ1v) is 8.78. The molecule has 0 spiro atoms. The third-order valence-corrected chi connectivity index (χ3v) is 4.20. The van der Waals surface area contributed by atoms with Gasteiger partial charge in [-0.3, -0.25) is 9.59 Å². The van der Waals surface area contributed by atoms with E-state index in [9.17, 15) is 9.59 Å². The molecule has 0 fully saturated rings. The number of benzene rings is 2. The number of rotatable bonds is 6. The minimum Gasteiger partial charge on any atom is -0.446 e. The van der Waals surface area contributed by atoms with Crippen LogP contribution in [0.15, 0.2) is 65.1 Å². The summed E-state index contributed by atoms with van der Waals surface area (Å²) >= 11 is 0. The van der Waals surface area contributed by atoms with Crippen molar-refractivity contribution in [1.82, 2.24) is 10.6 Å². The SMILES string of the molecule is Cc1ccc(CNC(=O)c2ccc(C(=O)NCc3ccc(C)cc3)o2)cc1. The van der Waals surface area contributed by atoms with E-state index in [1.165, 1.54) is 12.1 Å². The Balaban J connectivity index is 1.53.